The van der Waals surface area contributed by atoms with Gasteiger partial charge in [0.2, 0.25) is 0 Å². The first kappa shape index (κ1) is 15.6. The molecular formula is C9H9NaO5S. The SMILES string of the molecule is CCC(=O)c1ccc(OS(=O)(=O)[O-])cc1.[Na+]. The van der Waals surface area contributed by atoms with Crippen molar-refractivity contribution in [3.05, 3.63) is 29.8 Å². The smallest absolute Gasteiger partial charge is 0.716 e. The van der Waals surface area contributed by atoms with Gasteiger partial charge in [0.1, 0.15) is 5.75 Å². The summed E-state index contributed by atoms with van der Waals surface area (Å²) in [5.41, 5.74) is 0.452. The van der Waals surface area contributed by atoms with Crippen molar-refractivity contribution in [2.75, 3.05) is 0 Å². The van der Waals surface area contributed by atoms with Gasteiger partial charge in [-0.2, -0.15) is 0 Å². The summed E-state index contributed by atoms with van der Waals surface area (Å²) in [5.74, 6) is -0.163. The number of ketones is 1. The molecule has 0 saturated carbocycles. The first-order chi connectivity index (χ1) is 6.92. The molecule has 0 fully saturated rings. The molecule has 1 aromatic carbocycles. The molecular weight excluding hydrogens is 243 g/mol. The predicted octanol–water partition coefficient (Wildman–Crippen LogP) is -1.88. The fourth-order valence-electron chi connectivity index (χ4n) is 1.02. The van der Waals surface area contributed by atoms with Gasteiger partial charge in [-0.25, -0.2) is 8.42 Å². The molecule has 82 valence electrons. The van der Waals surface area contributed by atoms with E-state index in [0.29, 0.717) is 12.0 Å². The topological polar surface area (TPSA) is 83.5 Å². The van der Waals surface area contributed by atoms with E-state index in [1.54, 1.807) is 6.92 Å². The summed E-state index contributed by atoms with van der Waals surface area (Å²) in [6.45, 7) is 1.72. The van der Waals surface area contributed by atoms with Gasteiger partial charge in [0.15, 0.2) is 5.78 Å². The Morgan fingerprint density at radius 2 is 1.81 bits per heavy atom. The molecule has 0 aromatic heterocycles. The molecule has 0 aliphatic carbocycles. The minimum atomic E-state index is -4.75. The van der Waals surface area contributed by atoms with Gasteiger partial charge in [-0.15, -0.1) is 0 Å². The Kier molecular flexibility index (Phi) is 6.20. The number of Topliss-reactive ketones (excluding diaryl/α,β-unsaturated/α-hetero) is 1. The van der Waals surface area contributed by atoms with Crippen molar-refractivity contribution >= 4 is 16.2 Å². The fraction of sp³-hybridized carbons (Fsp3) is 0.222. The Morgan fingerprint density at radius 3 is 2.19 bits per heavy atom. The summed E-state index contributed by atoms with van der Waals surface area (Å²) in [6.07, 6.45) is 0.361. The van der Waals surface area contributed by atoms with Crippen molar-refractivity contribution in [1.82, 2.24) is 0 Å². The average Bonchev–Trinajstić information content (AvgIpc) is 2.15. The van der Waals surface area contributed by atoms with Crippen LogP contribution in [0.5, 0.6) is 5.75 Å². The second-order valence-electron chi connectivity index (χ2n) is 2.79. The molecule has 7 heteroatoms. The number of rotatable bonds is 4. The maximum Gasteiger partial charge on any atom is 1.00 e. The molecule has 0 heterocycles. The first-order valence-electron chi connectivity index (χ1n) is 4.21. The Labute approximate surface area is 116 Å². The molecule has 16 heavy (non-hydrogen) atoms. The van der Waals surface area contributed by atoms with Crippen molar-refractivity contribution in [2.45, 2.75) is 13.3 Å². The number of hydrogen-bond acceptors (Lipinski definition) is 5. The van der Waals surface area contributed by atoms with Crippen LogP contribution in [0.4, 0.5) is 0 Å². The zero-order chi connectivity index (χ0) is 11.5. The van der Waals surface area contributed by atoms with Crippen molar-refractivity contribution < 1.29 is 51.5 Å². The number of carbonyl (C=O) groups excluding carboxylic acids is 1. The molecule has 0 saturated heterocycles. The molecule has 0 radical (unpaired) electrons. The van der Waals surface area contributed by atoms with Crippen molar-refractivity contribution in [2.24, 2.45) is 0 Å². The van der Waals surface area contributed by atoms with E-state index in [2.05, 4.69) is 4.18 Å². The van der Waals surface area contributed by atoms with Crippen LogP contribution in [-0.2, 0) is 10.4 Å². The van der Waals surface area contributed by atoms with Crippen molar-refractivity contribution in [1.29, 1.82) is 0 Å². The standard InChI is InChI=1S/C9H10O5S.Na/c1-2-9(10)7-3-5-8(6-4-7)14-15(11,12)13;/h3-6H,2H2,1H3,(H,11,12,13);/q;+1/p-1. The van der Waals surface area contributed by atoms with Crippen LogP contribution in [0.2, 0.25) is 0 Å². The Morgan fingerprint density at radius 1 is 1.31 bits per heavy atom. The zero-order valence-corrected chi connectivity index (χ0v) is 11.8. The predicted molar refractivity (Wildman–Crippen MR) is 51.4 cm³/mol. The Balaban J connectivity index is 0.00000225. The molecule has 0 bridgehead atoms. The largest absolute Gasteiger partial charge is 1.00 e. The normalized spacial score (nSPS) is 10.4. The van der Waals surface area contributed by atoms with Gasteiger partial charge in [0.05, 0.1) is 0 Å². The molecule has 0 N–H and O–H groups in total. The van der Waals surface area contributed by atoms with Gasteiger partial charge in [0, 0.05) is 12.0 Å². The minimum absolute atomic E-state index is 0. The molecule has 0 spiro atoms. The second-order valence-corrected chi connectivity index (χ2v) is 3.78. The van der Waals surface area contributed by atoms with Crippen LogP contribution in [0.3, 0.4) is 0 Å². The monoisotopic (exact) mass is 252 g/mol. The molecule has 1 aromatic rings. The number of benzene rings is 1. The van der Waals surface area contributed by atoms with Crippen LogP contribution in [0.15, 0.2) is 24.3 Å². The van der Waals surface area contributed by atoms with Crippen molar-refractivity contribution in [3.8, 4) is 5.75 Å². The van der Waals surface area contributed by atoms with E-state index >= 15 is 0 Å². The molecule has 0 atom stereocenters. The Bertz CT molecular complexity index is 451. The van der Waals surface area contributed by atoms with E-state index in [1.807, 2.05) is 0 Å². The molecule has 0 aliphatic heterocycles. The maximum absolute atomic E-state index is 11.2. The van der Waals surface area contributed by atoms with Crippen LogP contribution >= 0.6 is 0 Å². The third-order valence-corrected chi connectivity index (χ3v) is 2.09. The van der Waals surface area contributed by atoms with Crippen LogP contribution in [0.1, 0.15) is 23.7 Å². The van der Waals surface area contributed by atoms with E-state index in [0.717, 1.165) is 0 Å². The van der Waals surface area contributed by atoms with Gasteiger partial charge >= 0.3 is 29.6 Å². The van der Waals surface area contributed by atoms with E-state index in [4.69, 9.17) is 0 Å². The van der Waals surface area contributed by atoms with Gasteiger partial charge < -0.3 is 8.74 Å². The summed E-state index contributed by atoms with van der Waals surface area (Å²) in [5, 5.41) is 0. The molecule has 0 unspecified atom stereocenters. The van der Waals surface area contributed by atoms with Crippen LogP contribution in [-0.4, -0.2) is 18.8 Å². The average molecular weight is 252 g/mol. The van der Waals surface area contributed by atoms with Crippen molar-refractivity contribution in [3.63, 3.8) is 0 Å². The first-order valence-corrected chi connectivity index (χ1v) is 5.54. The Hall–Kier alpha value is -0.400. The van der Waals surface area contributed by atoms with Crippen LogP contribution in [0.25, 0.3) is 0 Å². The molecule has 0 aliphatic rings. The zero-order valence-electron chi connectivity index (χ0n) is 8.97. The number of hydrogen-bond donors (Lipinski definition) is 0. The third kappa shape index (κ3) is 5.09. The van der Waals surface area contributed by atoms with Crippen LogP contribution in [0, 0.1) is 0 Å². The van der Waals surface area contributed by atoms with Gasteiger partial charge in [-0.05, 0) is 24.3 Å². The molecule has 1 rings (SSSR count). The van der Waals surface area contributed by atoms with E-state index in [9.17, 15) is 17.8 Å². The van der Waals surface area contributed by atoms with Gasteiger partial charge in [-0.3, -0.25) is 4.79 Å². The number of carbonyl (C=O) groups is 1. The fourth-order valence-corrected chi connectivity index (χ4v) is 1.37. The summed E-state index contributed by atoms with van der Waals surface area (Å²) in [4.78, 5) is 11.2. The minimum Gasteiger partial charge on any atom is -0.716 e. The van der Waals surface area contributed by atoms with Gasteiger partial charge in [0.25, 0.3) is 10.4 Å². The maximum atomic E-state index is 11.2. The van der Waals surface area contributed by atoms with E-state index < -0.39 is 10.4 Å². The summed E-state index contributed by atoms with van der Waals surface area (Å²) in [6, 6.07) is 5.34. The third-order valence-electron chi connectivity index (χ3n) is 1.70. The molecule has 0 amide bonds. The van der Waals surface area contributed by atoms with E-state index in [1.165, 1.54) is 24.3 Å². The quantitative estimate of drug-likeness (QED) is 0.271. The second kappa shape index (κ2) is 6.36. The summed E-state index contributed by atoms with van der Waals surface area (Å²) < 4.78 is 34.8. The summed E-state index contributed by atoms with van der Waals surface area (Å²) >= 11 is 0. The van der Waals surface area contributed by atoms with Crippen LogP contribution < -0.4 is 33.7 Å². The molecule has 5 nitrogen and oxygen atoms in total. The summed E-state index contributed by atoms with van der Waals surface area (Å²) in [7, 11) is -4.75. The van der Waals surface area contributed by atoms with Gasteiger partial charge in [-0.1, -0.05) is 6.92 Å². The van der Waals surface area contributed by atoms with E-state index in [-0.39, 0.29) is 41.1 Å².